The van der Waals surface area contributed by atoms with E-state index < -0.39 is 0 Å². The standard InChI is InChI=1S/C17H15ClN2O/c1-12(13-5-7-15(18)8-6-13)20-16-4-2-3-14(9-16)17-10-19-11-21-17/h2-12,20H,1H3. The first-order chi connectivity index (χ1) is 10.2. The van der Waals surface area contributed by atoms with E-state index in [-0.39, 0.29) is 6.04 Å². The highest BCUT2D eigenvalue weighted by Crippen LogP contribution is 2.25. The molecule has 2 aromatic carbocycles. The maximum absolute atomic E-state index is 5.92. The number of oxazole rings is 1. The van der Waals surface area contributed by atoms with Crippen molar-refractivity contribution < 1.29 is 4.42 Å². The molecule has 1 atom stereocenters. The van der Waals surface area contributed by atoms with Crippen LogP contribution in [-0.4, -0.2) is 4.98 Å². The summed E-state index contributed by atoms with van der Waals surface area (Å²) in [5.74, 6) is 0.762. The molecule has 21 heavy (non-hydrogen) atoms. The van der Waals surface area contributed by atoms with Crippen LogP contribution in [-0.2, 0) is 0 Å². The quantitative estimate of drug-likeness (QED) is 0.722. The molecule has 0 saturated heterocycles. The van der Waals surface area contributed by atoms with Crippen LogP contribution in [0.15, 0.2) is 65.5 Å². The Bertz CT molecular complexity index is 708. The van der Waals surface area contributed by atoms with Crippen molar-refractivity contribution >= 4 is 17.3 Å². The maximum Gasteiger partial charge on any atom is 0.181 e. The van der Waals surface area contributed by atoms with E-state index in [4.69, 9.17) is 16.0 Å². The molecular weight excluding hydrogens is 284 g/mol. The van der Waals surface area contributed by atoms with Crippen LogP contribution in [0.1, 0.15) is 18.5 Å². The Balaban J connectivity index is 1.78. The summed E-state index contributed by atoms with van der Waals surface area (Å²) in [5.41, 5.74) is 3.22. The first kappa shape index (κ1) is 13.7. The lowest BCUT2D eigenvalue weighted by atomic mass is 10.1. The molecule has 106 valence electrons. The van der Waals surface area contributed by atoms with Gasteiger partial charge in [0.2, 0.25) is 0 Å². The lowest BCUT2D eigenvalue weighted by Gasteiger charge is -2.16. The zero-order valence-electron chi connectivity index (χ0n) is 11.6. The minimum Gasteiger partial charge on any atom is -0.444 e. The highest BCUT2D eigenvalue weighted by molar-refractivity contribution is 6.30. The number of benzene rings is 2. The van der Waals surface area contributed by atoms with Crippen molar-refractivity contribution in [1.29, 1.82) is 0 Å². The monoisotopic (exact) mass is 298 g/mol. The minimum absolute atomic E-state index is 0.187. The molecule has 3 aromatic rings. The summed E-state index contributed by atoms with van der Waals surface area (Å²) in [4.78, 5) is 3.95. The summed E-state index contributed by atoms with van der Waals surface area (Å²) >= 11 is 5.92. The number of nitrogens with zero attached hydrogens (tertiary/aromatic N) is 1. The van der Waals surface area contributed by atoms with E-state index in [9.17, 15) is 0 Å². The van der Waals surface area contributed by atoms with Crippen LogP contribution < -0.4 is 5.32 Å². The second-order valence-corrected chi connectivity index (χ2v) is 5.30. The van der Waals surface area contributed by atoms with E-state index >= 15 is 0 Å². The largest absolute Gasteiger partial charge is 0.444 e. The summed E-state index contributed by atoms with van der Waals surface area (Å²) in [6, 6.07) is 16.1. The van der Waals surface area contributed by atoms with Gasteiger partial charge in [-0.2, -0.15) is 0 Å². The van der Waals surface area contributed by atoms with Crippen LogP contribution in [0.5, 0.6) is 0 Å². The van der Waals surface area contributed by atoms with Crippen molar-refractivity contribution in [2.24, 2.45) is 0 Å². The smallest absolute Gasteiger partial charge is 0.181 e. The Labute approximate surface area is 128 Å². The molecule has 0 fully saturated rings. The Morgan fingerprint density at radius 3 is 2.67 bits per heavy atom. The topological polar surface area (TPSA) is 38.1 Å². The van der Waals surface area contributed by atoms with Gasteiger partial charge in [0.05, 0.1) is 6.20 Å². The van der Waals surface area contributed by atoms with Crippen molar-refractivity contribution in [2.45, 2.75) is 13.0 Å². The van der Waals surface area contributed by atoms with Gasteiger partial charge in [0, 0.05) is 22.3 Å². The van der Waals surface area contributed by atoms with Gasteiger partial charge >= 0.3 is 0 Å². The molecule has 0 amide bonds. The SMILES string of the molecule is CC(Nc1cccc(-c2cnco2)c1)c1ccc(Cl)cc1. The predicted molar refractivity (Wildman–Crippen MR) is 85.4 cm³/mol. The average Bonchev–Trinajstić information content (AvgIpc) is 3.02. The van der Waals surface area contributed by atoms with Crippen molar-refractivity contribution in [2.75, 3.05) is 5.32 Å². The number of aromatic nitrogens is 1. The Morgan fingerprint density at radius 1 is 1.14 bits per heavy atom. The average molecular weight is 299 g/mol. The lowest BCUT2D eigenvalue weighted by Crippen LogP contribution is -2.06. The van der Waals surface area contributed by atoms with Crippen molar-refractivity contribution in [3.8, 4) is 11.3 Å². The van der Waals surface area contributed by atoms with Gasteiger partial charge in [0.25, 0.3) is 0 Å². The van der Waals surface area contributed by atoms with Crippen molar-refractivity contribution in [1.82, 2.24) is 4.98 Å². The van der Waals surface area contributed by atoms with E-state index in [1.54, 1.807) is 6.20 Å². The van der Waals surface area contributed by atoms with Crippen LogP contribution in [0.3, 0.4) is 0 Å². The molecule has 1 N–H and O–H groups in total. The molecule has 0 aliphatic rings. The van der Waals surface area contributed by atoms with Crippen LogP contribution in [0, 0.1) is 0 Å². The molecule has 0 aliphatic heterocycles. The third-order valence-electron chi connectivity index (χ3n) is 3.33. The minimum atomic E-state index is 0.187. The third-order valence-corrected chi connectivity index (χ3v) is 3.58. The van der Waals surface area contributed by atoms with Crippen molar-refractivity contribution in [3.05, 3.63) is 71.7 Å². The second-order valence-electron chi connectivity index (χ2n) is 4.86. The third kappa shape index (κ3) is 3.26. The molecule has 0 aliphatic carbocycles. The molecule has 4 heteroatoms. The van der Waals surface area contributed by atoms with Gasteiger partial charge in [-0.3, -0.25) is 0 Å². The van der Waals surface area contributed by atoms with Gasteiger partial charge < -0.3 is 9.73 Å². The van der Waals surface area contributed by atoms with E-state index in [1.807, 2.05) is 48.5 Å². The second kappa shape index (κ2) is 6.02. The Morgan fingerprint density at radius 2 is 1.95 bits per heavy atom. The Hall–Kier alpha value is -2.26. The lowest BCUT2D eigenvalue weighted by molar-refractivity contribution is 0.572. The summed E-state index contributed by atoms with van der Waals surface area (Å²) in [7, 11) is 0. The van der Waals surface area contributed by atoms with Crippen LogP contribution in [0.2, 0.25) is 5.02 Å². The van der Waals surface area contributed by atoms with Crippen molar-refractivity contribution in [3.63, 3.8) is 0 Å². The van der Waals surface area contributed by atoms with Gasteiger partial charge in [-0.05, 0) is 36.8 Å². The normalized spacial score (nSPS) is 12.1. The summed E-state index contributed by atoms with van der Waals surface area (Å²) in [6.07, 6.45) is 3.15. The van der Waals surface area contributed by atoms with E-state index in [0.717, 1.165) is 22.0 Å². The molecule has 1 aromatic heterocycles. The predicted octanol–water partition coefficient (Wildman–Crippen LogP) is 5.17. The molecule has 0 spiro atoms. The van der Waals surface area contributed by atoms with Gasteiger partial charge in [-0.1, -0.05) is 35.9 Å². The van der Waals surface area contributed by atoms with E-state index in [1.165, 1.54) is 12.0 Å². The fourth-order valence-corrected chi connectivity index (χ4v) is 2.33. The number of rotatable bonds is 4. The van der Waals surface area contributed by atoms with Gasteiger partial charge in [-0.15, -0.1) is 0 Å². The van der Waals surface area contributed by atoms with Crippen LogP contribution in [0.4, 0.5) is 5.69 Å². The highest BCUT2D eigenvalue weighted by atomic mass is 35.5. The molecule has 1 unspecified atom stereocenters. The Kier molecular flexibility index (Phi) is 3.93. The summed E-state index contributed by atoms with van der Waals surface area (Å²) in [5, 5.41) is 4.22. The first-order valence-corrected chi connectivity index (χ1v) is 7.11. The number of hydrogen-bond acceptors (Lipinski definition) is 3. The summed E-state index contributed by atoms with van der Waals surface area (Å²) < 4.78 is 5.32. The molecule has 0 bridgehead atoms. The van der Waals surface area contributed by atoms with Crippen LogP contribution in [0.25, 0.3) is 11.3 Å². The number of anilines is 1. The van der Waals surface area contributed by atoms with Gasteiger partial charge in [0.1, 0.15) is 0 Å². The fourth-order valence-electron chi connectivity index (χ4n) is 2.21. The zero-order valence-corrected chi connectivity index (χ0v) is 12.3. The molecule has 0 radical (unpaired) electrons. The van der Waals surface area contributed by atoms with Crippen LogP contribution >= 0.6 is 11.6 Å². The van der Waals surface area contributed by atoms with E-state index in [0.29, 0.717) is 0 Å². The molecular formula is C17H15ClN2O. The van der Waals surface area contributed by atoms with Gasteiger partial charge in [0.15, 0.2) is 12.2 Å². The molecule has 3 rings (SSSR count). The number of nitrogens with one attached hydrogen (secondary N) is 1. The summed E-state index contributed by atoms with van der Waals surface area (Å²) in [6.45, 7) is 2.12. The maximum atomic E-state index is 5.92. The molecule has 1 heterocycles. The molecule has 3 nitrogen and oxygen atoms in total. The highest BCUT2D eigenvalue weighted by Gasteiger charge is 2.07. The van der Waals surface area contributed by atoms with Gasteiger partial charge in [-0.25, -0.2) is 4.98 Å². The number of halogens is 1. The first-order valence-electron chi connectivity index (χ1n) is 6.73. The van der Waals surface area contributed by atoms with E-state index in [2.05, 4.69) is 17.2 Å². The number of hydrogen-bond donors (Lipinski definition) is 1. The molecule has 0 saturated carbocycles. The zero-order chi connectivity index (χ0) is 14.7. The fraction of sp³-hybridized carbons (Fsp3) is 0.118.